The summed E-state index contributed by atoms with van der Waals surface area (Å²) in [5.74, 6) is 0.623. The van der Waals surface area contributed by atoms with Gasteiger partial charge in [-0.15, -0.1) is 5.06 Å². The molecule has 2 heterocycles. The number of ether oxygens (including phenoxy) is 2. The van der Waals surface area contributed by atoms with Crippen LogP contribution in [0.5, 0.6) is 11.5 Å². The predicted molar refractivity (Wildman–Crippen MR) is 109 cm³/mol. The van der Waals surface area contributed by atoms with Crippen LogP contribution in [0.4, 0.5) is 0 Å². The van der Waals surface area contributed by atoms with Crippen LogP contribution in [-0.4, -0.2) is 35.7 Å². The average molecular weight is 403 g/mol. The number of carbonyl (C=O) groups is 2. The second-order valence-electron chi connectivity index (χ2n) is 6.51. The second-order valence-corrected chi connectivity index (χ2v) is 6.51. The fourth-order valence-corrected chi connectivity index (χ4v) is 2.92. The van der Waals surface area contributed by atoms with Crippen LogP contribution in [0.25, 0.3) is 6.08 Å². The van der Waals surface area contributed by atoms with Crippen molar-refractivity contribution in [2.75, 3.05) is 7.11 Å². The molecule has 0 aromatic heterocycles. The topological polar surface area (TPSA) is 101 Å². The number of hydrogen-bond acceptors (Lipinski definition) is 6. The van der Waals surface area contributed by atoms with Crippen LogP contribution in [0.15, 0.2) is 70.9 Å². The van der Waals surface area contributed by atoms with Crippen LogP contribution in [0.2, 0.25) is 0 Å². The maximum atomic E-state index is 12.3. The second kappa shape index (κ2) is 7.67. The van der Waals surface area contributed by atoms with Gasteiger partial charge in [0.15, 0.2) is 11.7 Å². The smallest absolute Gasteiger partial charge is 0.343 e. The van der Waals surface area contributed by atoms with Gasteiger partial charge in [0.25, 0.3) is 5.91 Å². The molecule has 0 saturated carbocycles. The molecule has 0 fully saturated rings. The van der Waals surface area contributed by atoms with Gasteiger partial charge in [-0.25, -0.2) is 4.79 Å². The molecule has 0 saturated heterocycles. The van der Waals surface area contributed by atoms with Crippen molar-refractivity contribution in [1.29, 1.82) is 5.41 Å². The summed E-state index contributed by atoms with van der Waals surface area (Å²) in [6.07, 6.45) is 3.13. The van der Waals surface area contributed by atoms with Crippen LogP contribution < -0.4 is 9.47 Å². The van der Waals surface area contributed by atoms with Crippen molar-refractivity contribution in [3.63, 3.8) is 0 Å². The molecule has 0 aliphatic carbocycles. The van der Waals surface area contributed by atoms with Crippen LogP contribution >= 0.6 is 0 Å². The van der Waals surface area contributed by atoms with Crippen LogP contribution in [0.1, 0.15) is 22.8 Å². The number of aliphatic imine (C=N–C) groups is 1. The molecule has 1 amide bonds. The molecule has 4 rings (SSSR count). The van der Waals surface area contributed by atoms with E-state index in [4.69, 9.17) is 19.7 Å². The molecule has 0 atom stereocenters. The number of methoxy groups -OCH3 is 1. The summed E-state index contributed by atoms with van der Waals surface area (Å²) < 4.78 is 10.5. The van der Waals surface area contributed by atoms with Gasteiger partial charge >= 0.3 is 5.97 Å². The molecule has 2 aromatic carbocycles. The van der Waals surface area contributed by atoms with Gasteiger partial charge in [-0.1, -0.05) is 18.2 Å². The molecule has 2 aromatic rings. The van der Waals surface area contributed by atoms with Crippen molar-refractivity contribution >= 4 is 29.6 Å². The quantitative estimate of drug-likeness (QED) is 0.477. The molecule has 8 nitrogen and oxygen atoms in total. The van der Waals surface area contributed by atoms with Gasteiger partial charge in [0.2, 0.25) is 0 Å². The molecule has 8 heteroatoms. The minimum atomic E-state index is -0.519. The number of amidine groups is 2. The van der Waals surface area contributed by atoms with E-state index >= 15 is 0 Å². The first kappa shape index (κ1) is 19.1. The summed E-state index contributed by atoms with van der Waals surface area (Å²) in [5, 5.41) is 9.43. The lowest BCUT2D eigenvalue weighted by Gasteiger charge is -2.22. The Kier molecular flexibility index (Phi) is 4.89. The van der Waals surface area contributed by atoms with E-state index in [0.29, 0.717) is 34.2 Å². The lowest BCUT2D eigenvalue weighted by Crippen LogP contribution is -2.38. The predicted octanol–water partition coefficient (Wildman–Crippen LogP) is 3.36. The number of amides is 1. The molecular weight excluding hydrogens is 386 g/mol. The largest absolute Gasteiger partial charge is 0.497 e. The van der Waals surface area contributed by atoms with E-state index < -0.39 is 11.9 Å². The Bertz CT molecular complexity index is 1150. The molecular formula is C22H17N3O5. The first-order valence-corrected chi connectivity index (χ1v) is 9.01. The summed E-state index contributed by atoms with van der Waals surface area (Å²) in [7, 11) is 1.52. The van der Waals surface area contributed by atoms with E-state index in [-0.39, 0.29) is 11.4 Å². The third-order valence-corrected chi connectivity index (χ3v) is 4.39. The van der Waals surface area contributed by atoms with E-state index in [0.717, 1.165) is 0 Å². The van der Waals surface area contributed by atoms with E-state index in [9.17, 15) is 9.59 Å². The number of benzene rings is 2. The standard InChI is InChI=1S/C22H17N3O5/c1-13-10-19-24-21(26)18(20(23)25(19)30-13)11-14-6-8-16(9-7-14)29-22(27)15-4-3-5-17(12-15)28-2/h3-12,23H,1-2H3/b18-11+,23-20?. The Balaban J connectivity index is 1.49. The maximum absolute atomic E-state index is 12.3. The Labute approximate surface area is 172 Å². The highest BCUT2D eigenvalue weighted by atomic mass is 16.7. The monoisotopic (exact) mass is 403 g/mol. The first-order chi connectivity index (χ1) is 14.4. The van der Waals surface area contributed by atoms with Crippen molar-refractivity contribution in [3.8, 4) is 11.5 Å². The van der Waals surface area contributed by atoms with Gasteiger partial charge in [0.1, 0.15) is 17.3 Å². The highest BCUT2D eigenvalue weighted by Gasteiger charge is 2.34. The van der Waals surface area contributed by atoms with Crippen molar-refractivity contribution < 1.29 is 23.9 Å². The van der Waals surface area contributed by atoms with Gasteiger partial charge < -0.3 is 14.3 Å². The number of rotatable bonds is 4. The maximum Gasteiger partial charge on any atom is 0.343 e. The minimum Gasteiger partial charge on any atom is -0.497 e. The molecule has 0 spiro atoms. The van der Waals surface area contributed by atoms with Gasteiger partial charge in [0, 0.05) is 6.08 Å². The lowest BCUT2D eigenvalue weighted by atomic mass is 10.1. The molecule has 0 radical (unpaired) electrons. The SMILES string of the molecule is COc1cccc(C(=O)Oc2ccc(/C=C3\C(=N)N4OC(C)=CC4=NC3=O)cc2)c1. The molecule has 0 bridgehead atoms. The number of nitrogens with one attached hydrogen (secondary N) is 1. The Morgan fingerprint density at radius 3 is 2.67 bits per heavy atom. The number of allylic oxidation sites excluding steroid dienone is 1. The van der Waals surface area contributed by atoms with E-state index in [1.165, 1.54) is 18.2 Å². The van der Waals surface area contributed by atoms with E-state index in [1.807, 2.05) is 0 Å². The summed E-state index contributed by atoms with van der Waals surface area (Å²) in [6, 6.07) is 13.2. The summed E-state index contributed by atoms with van der Waals surface area (Å²) in [4.78, 5) is 33.9. The van der Waals surface area contributed by atoms with Crippen molar-refractivity contribution in [1.82, 2.24) is 5.06 Å². The fourth-order valence-electron chi connectivity index (χ4n) is 2.92. The number of fused-ring (bicyclic) bond motifs is 1. The number of hydrogen-bond donors (Lipinski definition) is 1. The van der Waals surface area contributed by atoms with Crippen LogP contribution in [-0.2, 0) is 9.63 Å². The number of nitrogens with zero attached hydrogens (tertiary/aromatic N) is 2. The van der Waals surface area contributed by atoms with Crippen LogP contribution in [0, 0.1) is 5.41 Å². The van der Waals surface area contributed by atoms with E-state index in [2.05, 4.69) is 4.99 Å². The van der Waals surface area contributed by atoms with Crippen molar-refractivity contribution in [2.45, 2.75) is 6.92 Å². The average Bonchev–Trinajstić information content (AvgIpc) is 3.12. The normalized spacial score (nSPS) is 16.6. The highest BCUT2D eigenvalue weighted by Crippen LogP contribution is 2.24. The fraction of sp³-hybridized carbons (Fsp3) is 0.0909. The third kappa shape index (κ3) is 3.70. The van der Waals surface area contributed by atoms with Crippen molar-refractivity contribution in [3.05, 3.63) is 77.1 Å². The zero-order valence-electron chi connectivity index (χ0n) is 16.2. The summed E-state index contributed by atoms with van der Waals surface area (Å²) >= 11 is 0. The number of carbonyl (C=O) groups excluding carboxylic acids is 2. The number of hydroxylamine groups is 2. The summed E-state index contributed by atoms with van der Waals surface area (Å²) in [5.41, 5.74) is 1.11. The molecule has 150 valence electrons. The van der Waals surface area contributed by atoms with Crippen LogP contribution in [0.3, 0.4) is 0 Å². The third-order valence-electron chi connectivity index (χ3n) is 4.39. The molecule has 1 N–H and O–H groups in total. The minimum absolute atomic E-state index is 0.0911. The lowest BCUT2D eigenvalue weighted by molar-refractivity contribution is -0.114. The molecule has 2 aliphatic heterocycles. The van der Waals surface area contributed by atoms with Crippen molar-refractivity contribution in [2.24, 2.45) is 4.99 Å². The molecule has 30 heavy (non-hydrogen) atoms. The zero-order valence-corrected chi connectivity index (χ0v) is 16.2. The Hall–Kier alpha value is -4.20. The van der Waals surface area contributed by atoms with E-state index in [1.54, 1.807) is 61.5 Å². The first-order valence-electron chi connectivity index (χ1n) is 9.01. The Morgan fingerprint density at radius 1 is 1.17 bits per heavy atom. The van der Waals surface area contributed by atoms with Gasteiger partial charge in [-0.2, -0.15) is 4.99 Å². The van der Waals surface area contributed by atoms with Gasteiger partial charge in [0.05, 0.1) is 18.2 Å². The van der Waals surface area contributed by atoms with Gasteiger partial charge in [-0.3, -0.25) is 10.2 Å². The summed E-state index contributed by atoms with van der Waals surface area (Å²) in [6.45, 7) is 1.72. The number of esters is 1. The highest BCUT2D eigenvalue weighted by molar-refractivity contribution is 6.32. The molecule has 2 aliphatic rings. The van der Waals surface area contributed by atoms with Gasteiger partial charge in [-0.05, 0) is 48.9 Å². The Morgan fingerprint density at radius 2 is 1.93 bits per heavy atom. The molecule has 0 unspecified atom stereocenters. The zero-order chi connectivity index (χ0) is 21.3.